The van der Waals surface area contributed by atoms with Crippen molar-refractivity contribution in [2.45, 2.75) is 29.7 Å². The highest BCUT2D eigenvalue weighted by Crippen LogP contribution is 2.19. The Morgan fingerprint density at radius 1 is 1.05 bits per heavy atom. The van der Waals surface area contributed by atoms with Crippen molar-refractivity contribution >= 4 is 22.4 Å². The molecule has 4 nitrogen and oxygen atoms in total. The highest BCUT2D eigenvalue weighted by molar-refractivity contribution is 7.85. The van der Waals surface area contributed by atoms with Crippen molar-refractivity contribution in [1.82, 2.24) is 0 Å². The van der Waals surface area contributed by atoms with Crippen molar-refractivity contribution < 1.29 is 9.00 Å². The second-order valence-electron chi connectivity index (χ2n) is 4.88. The maximum absolute atomic E-state index is 12.4. The molecule has 2 atom stereocenters. The van der Waals surface area contributed by atoms with E-state index in [-0.39, 0.29) is 5.91 Å². The number of amides is 1. The Kier molecular flexibility index (Phi) is 4.88. The van der Waals surface area contributed by atoms with Gasteiger partial charge in [0.25, 0.3) is 0 Å². The smallest absolute Gasteiger partial charge is 0.240 e. The number of nitrogens with one attached hydrogen (secondary N) is 1. The SMILES string of the molecule is Cc1ccc(S(=O)c2ccc(NC(=O)C(C)N)cc2)cc1. The van der Waals surface area contributed by atoms with E-state index >= 15 is 0 Å². The van der Waals surface area contributed by atoms with E-state index in [0.717, 1.165) is 10.5 Å². The number of benzene rings is 2. The number of carbonyl (C=O) groups excluding carboxylic acids is 1. The van der Waals surface area contributed by atoms with Crippen molar-refractivity contribution in [2.24, 2.45) is 5.73 Å². The van der Waals surface area contributed by atoms with Crippen LogP contribution in [0.15, 0.2) is 58.3 Å². The summed E-state index contributed by atoms with van der Waals surface area (Å²) in [5.74, 6) is -0.248. The quantitative estimate of drug-likeness (QED) is 0.911. The molecule has 0 aliphatic carbocycles. The Morgan fingerprint density at radius 3 is 2.00 bits per heavy atom. The lowest BCUT2D eigenvalue weighted by Crippen LogP contribution is -2.32. The van der Waals surface area contributed by atoms with E-state index in [2.05, 4.69) is 5.32 Å². The standard InChI is InChI=1S/C16H18N2O2S/c1-11-3-7-14(8-4-11)21(20)15-9-5-13(6-10-15)18-16(19)12(2)17/h3-10,12H,17H2,1-2H3,(H,18,19). The Bertz CT molecular complexity index is 649. The molecule has 1 amide bonds. The molecule has 0 bridgehead atoms. The van der Waals surface area contributed by atoms with E-state index in [1.165, 1.54) is 0 Å². The first-order valence-corrected chi connectivity index (χ1v) is 7.77. The van der Waals surface area contributed by atoms with Crippen LogP contribution in [0.1, 0.15) is 12.5 Å². The zero-order chi connectivity index (χ0) is 15.4. The van der Waals surface area contributed by atoms with Crippen LogP contribution in [0.5, 0.6) is 0 Å². The first-order valence-electron chi connectivity index (χ1n) is 6.62. The minimum Gasteiger partial charge on any atom is -0.325 e. The fraction of sp³-hybridized carbons (Fsp3) is 0.188. The number of anilines is 1. The predicted octanol–water partition coefficient (Wildman–Crippen LogP) is 2.45. The van der Waals surface area contributed by atoms with Crippen molar-refractivity contribution in [3.05, 3.63) is 54.1 Å². The summed E-state index contributed by atoms with van der Waals surface area (Å²) >= 11 is 0. The topological polar surface area (TPSA) is 72.2 Å². The molecule has 0 aliphatic heterocycles. The molecule has 2 aromatic rings. The monoisotopic (exact) mass is 302 g/mol. The van der Waals surface area contributed by atoms with E-state index in [9.17, 15) is 9.00 Å². The van der Waals surface area contributed by atoms with Gasteiger partial charge < -0.3 is 11.1 Å². The molecule has 5 heteroatoms. The fourth-order valence-corrected chi connectivity index (χ4v) is 2.75. The second-order valence-corrected chi connectivity index (χ2v) is 6.36. The summed E-state index contributed by atoms with van der Waals surface area (Å²) in [4.78, 5) is 12.9. The molecule has 0 saturated heterocycles. The number of hydrogen-bond acceptors (Lipinski definition) is 3. The van der Waals surface area contributed by atoms with Gasteiger partial charge in [0.2, 0.25) is 5.91 Å². The summed E-state index contributed by atoms with van der Waals surface area (Å²) in [5.41, 5.74) is 7.26. The van der Waals surface area contributed by atoms with Gasteiger partial charge >= 0.3 is 0 Å². The average molecular weight is 302 g/mol. The molecule has 0 fully saturated rings. The molecule has 0 aliphatic rings. The number of nitrogens with two attached hydrogens (primary N) is 1. The van der Waals surface area contributed by atoms with E-state index in [4.69, 9.17) is 5.73 Å². The van der Waals surface area contributed by atoms with E-state index < -0.39 is 16.8 Å². The number of hydrogen-bond donors (Lipinski definition) is 2. The third kappa shape index (κ3) is 4.00. The molecule has 0 radical (unpaired) electrons. The number of rotatable bonds is 4. The molecule has 0 heterocycles. The van der Waals surface area contributed by atoms with Crippen molar-refractivity contribution in [3.63, 3.8) is 0 Å². The van der Waals surface area contributed by atoms with Crippen LogP contribution >= 0.6 is 0 Å². The van der Waals surface area contributed by atoms with Gasteiger partial charge in [0.15, 0.2) is 0 Å². The van der Waals surface area contributed by atoms with Gasteiger partial charge in [0.1, 0.15) is 0 Å². The molecule has 21 heavy (non-hydrogen) atoms. The zero-order valence-corrected chi connectivity index (χ0v) is 12.8. The summed E-state index contributed by atoms with van der Waals surface area (Å²) in [7, 11) is -1.22. The molecular formula is C16H18N2O2S. The summed E-state index contributed by atoms with van der Waals surface area (Å²) in [5, 5.41) is 2.69. The van der Waals surface area contributed by atoms with Gasteiger partial charge in [-0.1, -0.05) is 17.7 Å². The van der Waals surface area contributed by atoms with Gasteiger partial charge in [-0.3, -0.25) is 4.79 Å². The maximum atomic E-state index is 12.4. The molecule has 110 valence electrons. The van der Waals surface area contributed by atoms with E-state index in [0.29, 0.717) is 10.6 Å². The third-order valence-corrected chi connectivity index (χ3v) is 4.39. The second kappa shape index (κ2) is 6.65. The minimum absolute atomic E-state index is 0.248. The van der Waals surface area contributed by atoms with Crippen LogP contribution < -0.4 is 11.1 Å². The van der Waals surface area contributed by atoms with Crippen LogP contribution in [0, 0.1) is 6.92 Å². The Labute approximate surface area is 126 Å². The highest BCUT2D eigenvalue weighted by Gasteiger charge is 2.09. The van der Waals surface area contributed by atoms with Crippen molar-refractivity contribution in [2.75, 3.05) is 5.32 Å². The van der Waals surface area contributed by atoms with Crippen LogP contribution in [0.3, 0.4) is 0 Å². The molecule has 2 unspecified atom stereocenters. The summed E-state index contributed by atoms with van der Waals surface area (Å²) < 4.78 is 12.4. The predicted molar refractivity (Wildman–Crippen MR) is 84.6 cm³/mol. The molecular weight excluding hydrogens is 284 g/mol. The van der Waals surface area contributed by atoms with Crippen LogP contribution in [-0.2, 0) is 15.6 Å². The van der Waals surface area contributed by atoms with E-state index in [1.807, 2.05) is 31.2 Å². The highest BCUT2D eigenvalue weighted by atomic mass is 32.2. The lowest BCUT2D eigenvalue weighted by atomic mass is 10.2. The minimum atomic E-state index is -1.22. The van der Waals surface area contributed by atoms with Crippen LogP contribution in [0.4, 0.5) is 5.69 Å². The summed E-state index contributed by atoms with van der Waals surface area (Å²) in [6.45, 7) is 3.61. The molecule has 0 aromatic heterocycles. The number of carbonyl (C=O) groups is 1. The molecule has 0 saturated carbocycles. The first kappa shape index (κ1) is 15.4. The van der Waals surface area contributed by atoms with Gasteiger partial charge in [-0.05, 0) is 50.2 Å². The fourth-order valence-electron chi connectivity index (χ4n) is 1.72. The Balaban J connectivity index is 2.13. The Hall–Kier alpha value is -1.98. The van der Waals surface area contributed by atoms with Gasteiger partial charge in [-0.2, -0.15) is 0 Å². The normalized spacial score (nSPS) is 13.5. The van der Waals surface area contributed by atoms with Gasteiger partial charge in [0.05, 0.1) is 16.8 Å². The number of aryl methyl sites for hydroxylation is 1. The lowest BCUT2D eigenvalue weighted by Gasteiger charge is -2.08. The van der Waals surface area contributed by atoms with Crippen molar-refractivity contribution in [1.29, 1.82) is 0 Å². The van der Waals surface area contributed by atoms with E-state index in [1.54, 1.807) is 31.2 Å². The largest absolute Gasteiger partial charge is 0.325 e. The maximum Gasteiger partial charge on any atom is 0.240 e. The first-order chi connectivity index (χ1) is 9.97. The van der Waals surface area contributed by atoms with Crippen LogP contribution in [0.25, 0.3) is 0 Å². The van der Waals surface area contributed by atoms with Crippen LogP contribution in [-0.4, -0.2) is 16.2 Å². The molecule has 2 aromatic carbocycles. The van der Waals surface area contributed by atoms with Gasteiger partial charge in [-0.25, -0.2) is 4.21 Å². The lowest BCUT2D eigenvalue weighted by molar-refractivity contribution is -0.117. The van der Waals surface area contributed by atoms with Crippen molar-refractivity contribution in [3.8, 4) is 0 Å². The molecule has 2 rings (SSSR count). The average Bonchev–Trinajstić information content (AvgIpc) is 2.48. The molecule has 3 N–H and O–H groups in total. The summed E-state index contributed by atoms with van der Waals surface area (Å²) in [6.07, 6.45) is 0. The van der Waals surface area contributed by atoms with Gasteiger partial charge in [0, 0.05) is 15.5 Å². The van der Waals surface area contributed by atoms with Gasteiger partial charge in [-0.15, -0.1) is 0 Å². The molecule has 0 spiro atoms. The summed E-state index contributed by atoms with van der Waals surface area (Å²) in [6, 6.07) is 14.0. The zero-order valence-electron chi connectivity index (χ0n) is 12.0. The Morgan fingerprint density at radius 2 is 1.52 bits per heavy atom. The van der Waals surface area contributed by atoms with Crippen LogP contribution in [0.2, 0.25) is 0 Å². The third-order valence-electron chi connectivity index (χ3n) is 2.98.